The first kappa shape index (κ1) is 17.1. The zero-order chi connectivity index (χ0) is 16.3. The van der Waals surface area contributed by atoms with Crippen LogP contribution in [0, 0.1) is 5.41 Å². The number of nitrogens with two attached hydrogens (primary N) is 1. The lowest BCUT2D eigenvalue weighted by Gasteiger charge is -2.21. The van der Waals surface area contributed by atoms with Crippen LogP contribution in [0.4, 0.5) is 24.8 Å². The Bertz CT molecular complexity index is 515. The molecule has 0 saturated heterocycles. The van der Waals surface area contributed by atoms with Gasteiger partial charge in [-0.1, -0.05) is 0 Å². The van der Waals surface area contributed by atoms with E-state index in [9.17, 15) is 18.0 Å². The standard InChI is InChI=1S/C13H19F3N4O/c1-4-18-9-5-8(13(14,15)16)6-10(20-9)19-7-12(2,3)11(17)21/h5-6H,4,7H2,1-3H3,(H2,17,21)(H2,18,19,20). The maximum Gasteiger partial charge on any atom is 0.416 e. The number of carbonyl (C=O) groups excluding carboxylic acids is 1. The molecule has 5 nitrogen and oxygen atoms in total. The van der Waals surface area contributed by atoms with E-state index in [4.69, 9.17) is 5.73 Å². The van der Waals surface area contributed by atoms with E-state index in [1.807, 2.05) is 0 Å². The minimum atomic E-state index is -4.47. The summed E-state index contributed by atoms with van der Waals surface area (Å²) in [5.41, 5.74) is 3.51. The lowest BCUT2D eigenvalue weighted by molar-refractivity contribution is -0.137. The molecule has 1 aromatic rings. The third-order valence-corrected chi connectivity index (χ3v) is 2.89. The summed E-state index contributed by atoms with van der Waals surface area (Å²) in [4.78, 5) is 15.2. The first-order valence-corrected chi connectivity index (χ1v) is 6.43. The van der Waals surface area contributed by atoms with Crippen LogP contribution in [-0.4, -0.2) is 24.0 Å². The Balaban J connectivity index is 3.01. The minimum Gasteiger partial charge on any atom is -0.370 e. The van der Waals surface area contributed by atoms with Crippen molar-refractivity contribution in [2.24, 2.45) is 11.1 Å². The Morgan fingerprint density at radius 3 is 2.19 bits per heavy atom. The van der Waals surface area contributed by atoms with Crippen LogP contribution in [0.5, 0.6) is 0 Å². The molecule has 1 aromatic heterocycles. The molecule has 0 radical (unpaired) electrons. The predicted molar refractivity (Wildman–Crippen MR) is 74.9 cm³/mol. The molecule has 1 rings (SSSR count). The van der Waals surface area contributed by atoms with Crippen LogP contribution in [0.1, 0.15) is 26.3 Å². The van der Waals surface area contributed by atoms with E-state index in [-0.39, 0.29) is 18.2 Å². The van der Waals surface area contributed by atoms with Gasteiger partial charge in [-0.3, -0.25) is 4.79 Å². The number of hydrogen-bond donors (Lipinski definition) is 3. The van der Waals surface area contributed by atoms with Gasteiger partial charge in [0.1, 0.15) is 11.6 Å². The van der Waals surface area contributed by atoms with E-state index in [2.05, 4.69) is 15.6 Å². The number of hydrogen-bond acceptors (Lipinski definition) is 4. The Hall–Kier alpha value is -1.99. The van der Waals surface area contributed by atoms with Gasteiger partial charge in [-0.05, 0) is 32.9 Å². The summed E-state index contributed by atoms with van der Waals surface area (Å²) in [6, 6.07) is 1.84. The monoisotopic (exact) mass is 304 g/mol. The zero-order valence-electron chi connectivity index (χ0n) is 12.1. The molecule has 21 heavy (non-hydrogen) atoms. The number of nitrogens with one attached hydrogen (secondary N) is 2. The van der Waals surface area contributed by atoms with Crippen LogP contribution < -0.4 is 16.4 Å². The number of anilines is 2. The summed E-state index contributed by atoms with van der Waals surface area (Å²) in [5.74, 6) is -0.393. The molecule has 0 fully saturated rings. The number of pyridine rings is 1. The second-order valence-electron chi connectivity index (χ2n) is 5.26. The number of halogens is 3. The van der Waals surface area contributed by atoms with Crippen molar-refractivity contribution in [3.05, 3.63) is 17.7 Å². The quantitative estimate of drug-likeness (QED) is 0.754. The van der Waals surface area contributed by atoms with E-state index in [0.29, 0.717) is 6.54 Å². The van der Waals surface area contributed by atoms with Gasteiger partial charge in [-0.25, -0.2) is 4.98 Å². The van der Waals surface area contributed by atoms with Gasteiger partial charge >= 0.3 is 6.18 Å². The molecule has 0 aliphatic heterocycles. The molecule has 0 spiro atoms. The van der Waals surface area contributed by atoms with Crippen molar-refractivity contribution in [1.82, 2.24) is 4.98 Å². The summed E-state index contributed by atoms with van der Waals surface area (Å²) in [5, 5.41) is 5.46. The number of rotatable bonds is 6. The van der Waals surface area contributed by atoms with Gasteiger partial charge in [0.25, 0.3) is 0 Å². The van der Waals surface area contributed by atoms with Crippen molar-refractivity contribution in [2.75, 3.05) is 23.7 Å². The second kappa shape index (κ2) is 6.19. The van der Waals surface area contributed by atoms with E-state index in [1.54, 1.807) is 20.8 Å². The fourth-order valence-electron chi connectivity index (χ4n) is 1.46. The molecule has 1 heterocycles. The fraction of sp³-hybridized carbons (Fsp3) is 0.538. The van der Waals surface area contributed by atoms with Gasteiger partial charge in [-0.2, -0.15) is 13.2 Å². The Kier molecular flexibility index (Phi) is 5.03. The SMILES string of the molecule is CCNc1cc(C(F)(F)F)cc(NCC(C)(C)C(N)=O)n1. The van der Waals surface area contributed by atoms with Crippen LogP contribution >= 0.6 is 0 Å². The van der Waals surface area contributed by atoms with Crippen molar-refractivity contribution in [3.63, 3.8) is 0 Å². The molecule has 1 amide bonds. The van der Waals surface area contributed by atoms with Crippen LogP contribution in [0.2, 0.25) is 0 Å². The number of alkyl halides is 3. The van der Waals surface area contributed by atoms with Gasteiger partial charge in [0.15, 0.2) is 0 Å². The van der Waals surface area contributed by atoms with Crippen molar-refractivity contribution in [3.8, 4) is 0 Å². The molecule has 0 bridgehead atoms. The molecule has 8 heteroatoms. The topological polar surface area (TPSA) is 80.0 Å². The van der Waals surface area contributed by atoms with Gasteiger partial charge in [0, 0.05) is 13.1 Å². The van der Waals surface area contributed by atoms with E-state index in [1.165, 1.54) is 0 Å². The highest BCUT2D eigenvalue weighted by Crippen LogP contribution is 2.32. The molecular weight excluding hydrogens is 285 g/mol. The smallest absolute Gasteiger partial charge is 0.370 e. The first-order valence-electron chi connectivity index (χ1n) is 6.43. The van der Waals surface area contributed by atoms with Crippen LogP contribution in [0.25, 0.3) is 0 Å². The van der Waals surface area contributed by atoms with Crippen molar-refractivity contribution < 1.29 is 18.0 Å². The Morgan fingerprint density at radius 1 is 1.24 bits per heavy atom. The second-order valence-corrected chi connectivity index (χ2v) is 5.26. The van der Waals surface area contributed by atoms with Gasteiger partial charge in [0.05, 0.1) is 11.0 Å². The zero-order valence-corrected chi connectivity index (χ0v) is 12.1. The maximum atomic E-state index is 12.8. The van der Waals surface area contributed by atoms with Crippen molar-refractivity contribution in [2.45, 2.75) is 26.9 Å². The largest absolute Gasteiger partial charge is 0.416 e. The molecule has 0 aromatic carbocycles. The van der Waals surface area contributed by atoms with Gasteiger partial charge in [-0.15, -0.1) is 0 Å². The first-order chi connectivity index (χ1) is 9.56. The van der Waals surface area contributed by atoms with Gasteiger partial charge in [0.2, 0.25) is 5.91 Å². The molecule has 0 aliphatic rings. The average Bonchev–Trinajstić information content (AvgIpc) is 2.35. The molecular formula is C13H19F3N4O. The number of carbonyl (C=O) groups is 1. The molecule has 0 aliphatic carbocycles. The van der Waals surface area contributed by atoms with Crippen molar-refractivity contribution in [1.29, 1.82) is 0 Å². The third kappa shape index (κ3) is 4.80. The number of aromatic nitrogens is 1. The van der Waals surface area contributed by atoms with E-state index >= 15 is 0 Å². The summed E-state index contributed by atoms with van der Waals surface area (Å²) >= 11 is 0. The lowest BCUT2D eigenvalue weighted by atomic mass is 9.93. The van der Waals surface area contributed by atoms with Crippen LogP contribution in [-0.2, 0) is 11.0 Å². The maximum absolute atomic E-state index is 12.8. The predicted octanol–water partition coefficient (Wildman–Crippen LogP) is 2.46. The minimum absolute atomic E-state index is 0.0371. The molecule has 0 unspecified atom stereocenters. The highest BCUT2D eigenvalue weighted by Gasteiger charge is 2.32. The summed E-state index contributed by atoms with van der Waals surface area (Å²) in [7, 11) is 0. The van der Waals surface area contributed by atoms with E-state index in [0.717, 1.165) is 12.1 Å². The lowest BCUT2D eigenvalue weighted by Crippen LogP contribution is -2.37. The number of amides is 1. The average molecular weight is 304 g/mol. The Labute approximate surface area is 121 Å². The molecule has 4 N–H and O–H groups in total. The molecule has 118 valence electrons. The van der Waals surface area contributed by atoms with Crippen LogP contribution in [0.15, 0.2) is 12.1 Å². The Morgan fingerprint density at radius 2 is 1.76 bits per heavy atom. The molecule has 0 saturated carbocycles. The number of nitrogens with zero attached hydrogens (tertiary/aromatic N) is 1. The van der Waals surface area contributed by atoms with E-state index < -0.39 is 23.1 Å². The third-order valence-electron chi connectivity index (χ3n) is 2.89. The normalized spacial score (nSPS) is 12.1. The molecule has 0 atom stereocenters. The fourth-order valence-corrected chi connectivity index (χ4v) is 1.46. The van der Waals surface area contributed by atoms with Crippen LogP contribution in [0.3, 0.4) is 0 Å². The summed E-state index contributed by atoms with van der Waals surface area (Å²) in [6.07, 6.45) is -4.47. The van der Waals surface area contributed by atoms with Gasteiger partial charge < -0.3 is 16.4 Å². The summed E-state index contributed by atoms with van der Waals surface area (Å²) in [6.45, 7) is 5.48. The highest BCUT2D eigenvalue weighted by atomic mass is 19.4. The summed E-state index contributed by atoms with van der Waals surface area (Å²) < 4.78 is 38.5. The highest BCUT2D eigenvalue weighted by molar-refractivity contribution is 5.80. The van der Waals surface area contributed by atoms with Crippen molar-refractivity contribution >= 4 is 17.5 Å². The number of primary amides is 1.